The van der Waals surface area contributed by atoms with E-state index in [4.69, 9.17) is 15.2 Å². The van der Waals surface area contributed by atoms with Gasteiger partial charge in [-0.25, -0.2) is 14.5 Å². The zero-order chi connectivity index (χ0) is 25.7. The molecule has 3 aromatic heterocycles. The predicted molar refractivity (Wildman–Crippen MR) is 131 cm³/mol. The average Bonchev–Trinajstić information content (AvgIpc) is 3.29. The van der Waals surface area contributed by atoms with Crippen LogP contribution >= 0.6 is 0 Å². The van der Waals surface area contributed by atoms with Crippen LogP contribution in [-0.4, -0.2) is 63.9 Å². The first-order valence-electron chi connectivity index (χ1n) is 11.7. The number of morpholine rings is 1. The van der Waals surface area contributed by atoms with E-state index in [-0.39, 0.29) is 5.56 Å². The summed E-state index contributed by atoms with van der Waals surface area (Å²) in [5, 5.41) is 4.51. The van der Waals surface area contributed by atoms with Crippen LogP contribution in [0.5, 0.6) is 0 Å². The van der Waals surface area contributed by atoms with Gasteiger partial charge in [0.2, 0.25) is 0 Å². The summed E-state index contributed by atoms with van der Waals surface area (Å²) in [7, 11) is 0. The van der Waals surface area contributed by atoms with E-state index >= 15 is 0 Å². The summed E-state index contributed by atoms with van der Waals surface area (Å²) >= 11 is 0. The van der Waals surface area contributed by atoms with Gasteiger partial charge in [-0.05, 0) is 50.1 Å². The van der Waals surface area contributed by atoms with Crippen molar-refractivity contribution in [1.82, 2.24) is 24.5 Å². The van der Waals surface area contributed by atoms with Crippen molar-refractivity contribution in [2.24, 2.45) is 0 Å². The molecule has 1 saturated heterocycles. The van der Waals surface area contributed by atoms with E-state index in [2.05, 4.69) is 20.0 Å². The van der Waals surface area contributed by atoms with E-state index in [0.717, 1.165) is 56.7 Å². The Morgan fingerprint density at radius 1 is 1.14 bits per heavy atom. The van der Waals surface area contributed by atoms with Crippen LogP contribution in [0.15, 0.2) is 48.5 Å². The monoisotopic (exact) mass is 502 g/mol. The van der Waals surface area contributed by atoms with E-state index < -0.39 is 17.6 Å². The lowest BCUT2D eigenvalue weighted by Gasteiger charge is -2.26. The van der Waals surface area contributed by atoms with E-state index in [0.29, 0.717) is 23.6 Å². The molecule has 0 aromatic carbocycles. The number of allylic oxidation sites excluding steroid dienone is 4. The Balaban J connectivity index is 1.46. The highest BCUT2D eigenvalue weighted by Crippen LogP contribution is 2.34. The summed E-state index contributed by atoms with van der Waals surface area (Å²) in [6, 6.07) is 4.26. The van der Waals surface area contributed by atoms with Crippen LogP contribution in [0.4, 0.5) is 19.0 Å². The molecule has 0 spiro atoms. The zero-order valence-electron chi connectivity index (χ0n) is 20.3. The van der Waals surface area contributed by atoms with Crippen LogP contribution in [0.3, 0.4) is 0 Å². The standard InChI is InChI=1S/C25H29F3N6O2/c1-17(4-5-18(2)36-11-3-8-33-9-12-35-13-10-33)22-16-30-23-7-6-21(32-34(22)23)19-14-20(25(26,27)28)24(29)31-15-19/h4-7,14-16H,3,8-13H2,1-2H3,(H2,29,31)/b17-4+,18-5+. The molecular weight excluding hydrogens is 473 g/mol. The second kappa shape index (κ2) is 11.1. The van der Waals surface area contributed by atoms with Crippen LogP contribution in [-0.2, 0) is 15.7 Å². The zero-order valence-corrected chi connectivity index (χ0v) is 20.3. The smallest absolute Gasteiger partial charge is 0.419 e. The maximum Gasteiger partial charge on any atom is 0.419 e. The van der Waals surface area contributed by atoms with Gasteiger partial charge in [0.25, 0.3) is 0 Å². The number of fused-ring (bicyclic) bond motifs is 1. The van der Waals surface area contributed by atoms with Crippen LogP contribution < -0.4 is 5.73 Å². The van der Waals surface area contributed by atoms with Crippen molar-refractivity contribution in [3.8, 4) is 11.3 Å². The number of hydrogen-bond acceptors (Lipinski definition) is 7. The summed E-state index contributed by atoms with van der Waals surface area (Å²) in [4.78, 5) is 10.4. The van der Waals surface area contributed by atoms with Gasteiger partial charge in [-0.3, -0.25) is 4.90 Å². The molecule has 11 heteroatoms. The number of alkyl halides is 3. The predicted octanol–water partition coefficient (Wildman–Crippen LogP) is 4.44. The lowest BCUT2D eigenvalue weighted by atomic mass is 10.1. The maximum atomic E-state index is 13.3. The number of hydrogen-bond donors (Lipinski definition) is 1. The van der Waals surface area contributed by atoms with Crippen LogP contribution in [0, 0.1) is 0 Å². The second-order valence-corrected chi connectivity index (χ2v) is 8.57. The van der Waals surface area contributed by atoms with E-state index in [1.54, 1.807) is 22.8 Å². The van der Waals surface area contributed by atoms with Gasteiger partial charge in [-0.2, -0.15) is 18.3 Å². The first kappa shape index (κ1) is 25.6. The molecule has 1 aliphatic rings. The average molecular weight is 503 g/mol. The van der Waals surface area contributed by atoms with Crippen LogP contribution in [0.1, 0.15) is 31.5 Å². The van der Waals surface area contributed by atoms with Gasteiger partial charge in [-0.1, -0.05) is 6.08 Å². The van der Waals surface area contributed by atoms with Crippen molar-refractivity contribution in [1.29, 1.82) is 0 Å². The summed E-state index contributed by atoms with van der Waals surface area (Å²) < 4.78 is 52.6. The molecule has 2 N–H and O–H groups in total. The molecule has 0 bridgehead atoms. The van der Waals surface area contributed by atoms with Crippen molar-refractivity contribution in [3.05, 3.63) is 59.8 Å². The molecule has 4 rings (SSSR count). The van der Waals surface area contributed by atoms with Gasteiger partial charge in [-0.15, -0.1) is 0 Å². The van der Waals surface area contributed by atoms with E-state index in [9.17, 15) is 13.2 Å². The third-order valence-corrected chi connectivity index (χ3v) is 5.91. The number of halogens is 3. The Morgan fingerprint density at radius 2 is 1.92 bits per heavy atom. The molecule has 0 unspecified atom stereocenters. The highest BCUT2D eigenvalue weighted by Gasteiger charge is 2.34. The Kier molecular flexibility index (Phi) is 7.90. The minimum Gasteiger partial charge on any atom is -0.498 e. The Hall–Kier alpha value is -3.44. The molecule has 192 valence electrons. The molecule has 3 aromatic rings. The molecule has 4 heterocycles. The maximum absolute atomic E-state index is 13.3. The second-order valence-electron chi connectivity index (χ2n) is 8.57. The molecule has 36 heavy (non-hydrogen) atoms. The molecular formula is C25H29F3N6O2. The first-order valence-corrected chi connectivity index (χ1v) is 11.7. The number of nitrogens with zero attached hydrogens (tertiary/aromatic N) is 5. The molecule has 1 aliphatic heterocycles. The molecule has 8 nitrogen and oxygen atoms in total. The summed E-state index contributed by atoms with van der Waals surface area (Å²) in [5.41, 5.74) is 7.12. The first-order chi connectivity index (χ1) is 17.2. The SMILES string of the molecule is C/C(=C\C=C(/C)c1cnc2ccc(-c3cnc(N)c(C(F)(F)F)c3)nn12)OCCCN1CCOCC1. The number of ether oxygens (including phenoxy) is 2. The quantitative estimate of drug-likeness (QED) is 0.277. The van der Waals surface area contributed by atoms with Crippen molar-refractivity contribution < 1.29 is 22.6 Å². The summed E-state index contributed by atoms with van der Waals surface area (Å²) in [6.45, 7) is 8.92. The molecule has 0 aliphatic carbocycles. The number of nitrogen functional groups attached to an aromatic ring is 1. The number of nitrogens with two attached hydrogens (primary N) is 1. The third-order valence-electron chi connectivity index (χ3n) is 5.91. The Morgan fingerprint density at radius 3 is 2.67 bits per heavy atom. The number of aromatic nitrogens is 4. The van der Waals surface area contributed by atoms with Crippen molar-refractivity contribution >= 4 is 17.0 Å². The Labute approximate surface area is 207 Å². The van der Waals surface area contributed by atoms with Gasteiger partial charge >= 0.3 is 6.18 Å². The number of imidazole rings is 1. The fourth-order valence-corrected chi connectivity index (χ4v) is 3.86. The number of anilines is 1. The lowest BCUT2D eigenvalue weighted by molar-refractivity contribution is -0.137. The summed E-state index contributed by atoms with van der Waals surface area (Å²) in [5.74, 6) is 0.214. The van der Waals surface area contributed by atoms with E-state index in [1.807, 2.05) is 26.0 Å². The number of pyridine rings is 1. The molecule has 0 amide bonds. The number of rotatable bonds is 8. The topological polar surface area (TPSA) is 90.8 Å². The minimum atomic E-state index is -4.61. The molecule has 0 atom stereocenters. The van der Waals surface area contributed by atoms with Gasteiger partial charge < -0.3 is 15.2 Å². The normalized spacial score (nSPS) is 16.0. The van der Waals surface area contributed by atoms with Crippen molar-refractivity contribution in [3.63, 3.8) is 0 Å². The molecule has 0 saturated carbocycles. The highest BCUT2D eigenvalue weighted by molar-refractivity contribution is 5.67. The summed E-state index contributed by atoms with van der Waals surface area (Å²) in [6.07, 6.45) is 3.07. The lowest BCUT2D eigenvalue weighted by Crippen LogP contribution is -2.37. The Bertz CT molecular complexity index is 1260. The fourth-order valence-electron chi connectivity index (χ4n) is 3.86. The van der Waals surface area contributed by atoms with Crippen LogP contribution in [0.2, 0.25) is 0 Å². The van der Waals surface area contributed by atoms with Gasteiger partial charge in [0.1, 0.15) is 5.82 Å². The largest absolute Gasteiger partial charge is 0.498 e. The van der Waals surface area contributed by atoms with Crippen molar-refractivity contribution in [2.75, 3.05) is 45.2 Å². The van der Waals surface area contributed by atoms with Crippen LogP contribution in [0.25, 0.3) is 22.5 Å². The fraction of sp³-hybridized carbons (Fsp3) is 0.400. The van der Waals surface area contributed by atoms with Gasteiger partial charge in [0.15, 0.2) is 5.65 Å². The highest BCUT2D eigenvalue weighted by atomic mass is 19.4. The third kappa shape index (κ3) is 6.21. The van der Waals surface area contributed by atoms with Gasteiger partial charge in [0, 0.05) is 31.4 Å². The minimum absolute atomic E-state index is 0.209. The molecule has 0 radical (unpaired) electrons. The van der Waals surface area contributed by atoms with Gasteiger partial charge in [0.05, 0.1) is 48.7 Å². The van der Waals surface area contributed by atoms with E-state index in [1.165, 1.54) is 6.20 Å². The molecule has 1 fully saturated rings. The van der Waals surface area contributed by atoms with Crippen molar-refractivity contribution in [2.45, 2.75) is 26.4 Å².